The van der Waals surface area contributed by atoms with Crippen LogP contribution in [0.2, 0.25) is 5.02 Å². The summed E-state index contributed by atoms with van der Waals surface area (Å²) in [5, 5.41) is 13.2. The number of methoxy groups -OCH3 is 1. The third-order valence-corrected chi connectivity index (χ3v) is 5.42. The van der Waals surface area contributed by atoms with Gasteiger partial charge in [-0.3, -0.25) is 4.90 Å². The minimum Gasteiger partial charge on any atom is -0.383 e. The minimum absolute atomic E-state index is 0.194. The van der Waals surface area contributed by atoms with Crippen LogP contribution in [-0.4, -0.2) is 65.0 Å². The summed E-state index contributed by atoms with van der Waals surface area (Å²) in [4.78, 5) is 4.92. The average molecular weight is 393 g/mol. The van der Waals surface area contributed by atoms with Crippen LogP contribution < -0.4 is 4.90 Å². The second-order valence-electron chi connectivity index (χ2n) is 7.40. The van der Waals surface area contributed by atoms with E-state index >= 15 is 0 Å². The Morgan fingerprint density at radius 3 is 2.59 bits per heavy atom. The van der Waals surface area contributed by atoms with Crippen molar-refractivity contribution in [3.63, 3.8) is 0 Å². The number of halogens is 1. The van der Waals surface area contributed by atoms with Crippen LogP contribution in [0.15, 0.2) is 18.2 Å². The van der Waals surface area contributed by atoms with Crippen molar-refractivity contribution >= 4 is 17.3 Å². The normalized spacial score (nSPS) is 16.9. The van der Waals surface area contributed by atoms with Gasteiger partial charge in [-0.2, -0.15) is 0 Å². The Bertz CT molecular complexity index is 742. The third-order valence-electron chi connectivity index (χ3n) is 5.18. The second kappa shape index (κ2) is 8.99. The first-order chi connectivity index (χ1) is 13.0. The topological polar surface area (TPSA) is 59.3 Å². The van der Waals surface area contributed by atoms with Gasteiger partial charge in [0.2, 0.25) is 0 Å². The number of benzene rings is 1. The van der Waals surface area contributed by atoms with Gasteiger partial charge in [-0.15, -0.1) is 5.10 Å². The highest BCUT2D eigenvalue weighted by Crippen LogP contribution is 2.30. The maximum atomic E-state index is 6.21. The number of aromatic nitrogens is 4. The zero-order chi connectivity index (χ0) is 19.4. The second-order valence-corrected chi connectivity index (χ2v) is 7.83. The summed E-state index contributed by atoms with van der Waals surface area (Å²) in [5.74, 6) is 1.34. The van der Waals surface area contributed by atoms with Crippen LogP contribution in [-0.2, 0) is 11.3 Å². The fourth-order valence-electron chi connectivity index (χ4n) is 3.81. The van der Waals surface area contributed by atoms with E-state index < -0.39 is 0 Å². The molecule has 1 fully saturated rings. The molecule has 2 heterocycles. The molecule has 0 unspecified atom stereocenters. The SMILES string of the molecule is COCCn1nnnc1[C@H](C(C)C)N1CCN(c2cc(Cl)ccc2C)CC1. The Balaban J connectivity index is 1.73. The number of aryl methyl sites for hydroxylation is 1. The Hall–Kier alpha value is -1.70. The van der Waals surface area contributed by atoms with Crippen molar-refractivity contribution < 1.29 is 4.74 Å². The highest BCUT2D eigenvalue weighted by molar-refractivity contribution is 6.30. The molecular formula is C19H29ClN6O. The molecule has 2 aromatic rings. The van der Waals surface area contributed by atoms with Crippen LogP contribution in [0.4, 0.5) is 5.69 Å². The van der Waals surface area contributed by atoms with Gasteiger partial charge < -0.3 is 9.64 Å². The lowest BCUT2D eigenvalue weighted by Gasteiger charge is -2.41. The first-order valence-electron chi connectivity index (χ1n) is 9.51. The van der Waals surface area contributed by atoms with Gasteiger partial charge in [-0.05, 0) is 41.0 Å². The number of anilines is 1. The Labute approximate surface area is 166 Å². The average Bonchev–Trinajstić information content (AvgIpc) is 3.10. The van der Waals surface area contributed by atoms with Gasteiger partial charge in [-0.25, -0.2) is 4.68 Å². The molecule has 1 atom stereocenters. The van der Waals surface area contributed by atoms with E-state index in [1.54, 1.807) is 7.11 Å². The summed E-state index contributed by atoms with van der Waals surface area (Å²) in [6, 6.07) is 6.30. The Morgan fingerprint density at radius 1 is 1.19 bits per heavy atom. The van der Waals surface area contributed by atoms with E-state index in [0.717, 1.165) is 37.0 Å². The molecule has 0 N–H and O–H groups in total. The van der Waals surface area contributed by atoms with Crippen LogP contribution >= 0.6 is 11.6 Å². The third kappa shape index (κ3) is 4.59. The molecule has 1 aliphatic heterocycles. The quantitative estimate of drug-likeness (QED) is 0.722. The van der Waals surface area contributed by atoms with Gasteiger partial charge in [0.05, 0.1) is 19.2 Å². The Morgan fingerprint density at radius 2 is 1.93 bits per heavy atom. The number of ether oxygens (including phenoxy) is 1. The zero-order valence-corrected chi connectivity index (χ0v) is 17.4. The molecular weight excluding hydrogens is 364 g/mol. The fourth-order valence-corrected chi connectivity index (χ4v) is 3.97. The van der Waals surface area contributed by atoms with Crippen LogP contribution in [0, 0.1) is 12.8 Å². The predicted molar refractivity (Wildman–Crippen MR) is 107 cm³/mol. The van der Waals surface area contributed by atoms with E-state index in [1.807, 2.05) is 10.7 Å². The molecule has 1 aromatic carbocycles. The van der Waals surface area contributed by atoms with Crippen molar-refractivity contribution in [2.75, 3.05) is 44.8 Å². The van der Waals surface area contributed by atoms with Crippen molar-refractivity contribution in [1.29, 1.82) is 0 Å². The molecule has 1 saturated heterocycles. The number of piperazine rings is 1. The summed E-state index contributed by atoms with van der Waals surface area (Å²) in [5.41, 5.74) is 2.49. The molecule has 3 rings (SSSR count). The molecule has 1 aromatic heterocycles. The first kappa shape index (κ1) is 20.0. The highest BCUT2D eigenvalue weighted by Gasteiger charge is 2.31. The highest BCUT2D eigenvalue weighted by atomic mass is 35.5. The molecule has 8 heteroatoms. The first-order valence-corrected chi connectivity index (χ1v) is 9.89. The number of rotatable bonds is 7. The standard InChI is InChI=1S/C19H29ClN6O/c1-14(2)18(19-21-22-23-26(19)11-12-27-4)25-9-7-24(8-10-25)17-13-16(20)6-5-15(17)3/h5-6,13-14,18H,7-12H2,1-4H3/t18-/m0/s1. The number of tetrazole rings is 1. The predicted octanol–water partition coefficient (Wildman–Crippen LogP) is 2.80. The van der Waals surface area contributed by atoms with Gasteiger partial charge in [0.1, 0.15) is 0 Å². The van der Waals surface area contributed by atoms with Crippen molar-refractivity contribution in [3.05, 3.63) is 34.6 Å². The monoisotopic (exact) mass is 392 g/mol. The zero-order valence-electron chi connectivity index (χ0n) is 16.6. The number of nitrogens with zero attached hydrogens (tertiary/aromatic N) is 6. The van der Waals surface area contributed by atoms with Crippen molar-refractivity contribution in [3.8, 4) is 0 Å². The van der Waals surface area contributed by atoms with E-state index in [0.29, 0.717) is 19.1 Å². The molecule has 1 aliphatic rings. The lowest BCUT2D eigenvalue weighted by atomic mass is 10.0. The summed E-state index contributed by atoms with van der Waals surface area (Å²) in [6.07, 6.45) is 0. The van der Waals surface area contributed by atoms with E-state index in [2.05, 4.69) is 58.2 Å². The van der Waals surface area contributed by atoms with E-state index in [4.69, 9.17) is 16.3 Å². The molecule has 27 heavy (non-hydrogen) atoms. The van der Waals surface area contributed by atoms with E-state index in [9.17, 15) is 0 Å². The Kier molecular flexibility index (Phi) is 6.68. The molecule has 0 amide bonds. The van der Waals surface area contributed by atoms with Gasteiger partial charge in [0, 0.05) is 44.0 Å². The van der Waals surface area contributed by atoms with E-state index in [-0.39, 0.29) is 6.04 Å². The van der Waals surface area contributed by atoms with Gasteiger partial charge >= 0.3 is 0 Å². The molecule has 0 radical (unpaired) electrons. The summed E-state index contributed by atoms with van der Waals surface area (Å²) >= 11 is 6.21. The maximum Gasteiger partial charge on any atom is 0.168 e. The molecule has 7 nitrogen and oxygen atoms in total. The van der Waals surface area contributed by atoms with E-state index in [1.165, 1.54) is 11.3 Å². The summed E-state index contributed by atoms with van der Waals surface area (Å²) in [7, 11) is 1.70. The molecule has 0 saturated carbocycles. The molecule has 0 bridgehead atoms. The van der Waals surface area contributed by atoms with Crippen molar-refractivity contribution in [1.82, 2.24) is 25.1 Å². The van der Waals surface area contributed by atoms with Crippen LogP contribution in [0.5, 0.6) is 0 Å². The van der Waals surface area contributed by atoms with Gasteiger partial charge in [0.25, 0.3) is 0 Å². The van der Waals surface area contributed by atoms with Crippen molar-refractivity contribution in [2.45, 2.75) is 33.4 Å². The van der Waals surface area contributed by atoms with Gasteiger partial charge in [-0.1, -0.05) is 31.5 Å². The molecule has 148 valence electrons. The van der Waals surface area contributed by atoms with Crippen LogP contribution in [0.25, 0.3) is 0 Å². The summed E-state index contributed by atoms with van der Waals surface area (Å²) in [6.45, 7) is 11.7. The fraction of sp³-hybridized carbons (Fsp3) is 0.632. The van der Waals surface area contributed by atoms with Crippen molar-refractivity contribution in [2.24, 2.45) is 5.92 Å². The lowest BCUT2D eigenvalue weighted by molar-refractivity contribution is 0.129. The smallest absolute Gasteiger partial charge is 0.168 e. The van der Waals surface area contributed by atoms with Gasteiger partial charge in [0.15, 0.2) is 5.82 Å². The lowest BCUT2D eigenvalue weighted by Crippen LogP contribution is -2.49. The maximum absolute atomic E-state index is 6.21. The largest absolute Gasteiger partial charge is 0.383 e. The molecule has 0 spiro atoms. The summed E-state index contributed by atoms with van der Waals surface area (Å²) < 4.78 is 7.07. The minimum atomic E-state index is 0.194. The number of hydrogen-bond acceptors (Lipinski definition) is 6. The molecule has 0 aliphatic carbocycles. The van der Waals surface area contributed by atoms with Crippen LogP contribution in [0.1, 0.15) is 31.3 Å². The van der Waals surface area contributed by atoms with Crippen LogP contribution in [0.3, 0.4) is 0 Å². The number of hydrogen-bond donors (Lipinski definition) is 0.